The van der Waals surface area contributed by atoms with Gasteiger partial charge in [0.1, 0.15) is 5.69 Å². The molecular formula is C11H17NO2. The predicted molar refractivity (Wildman–Crippen MR) is 55.8 cm³/mol. The highest BCUT2D eigenvalue weighted by atomic mass is 16.4. The predicted octanol–water partition coefficient (Wildman–Crippen LogP) is 2.79. The van der Waals surface area contributed by atoms with Crippen molar-refractivity contribution in [2.24, 2.45) is 0 Å². The normalized spacial score (nSPS) is 12.8. The number of aryl methyl sites for hydroxylation is 1. The van der Waals surface area contributed by atoms with Crippen molar-refractivity contribution in [2.45, 2.75) is 39.5 Å². The number of carbonyl (C=O) groups is 1. The van der Waals surface area contributed by atoms with Crippen LogP contribution in [0.5, 0.6) is 0 Å². The lowest BCUT2D eigenvalue weighted by molar-refractivity contribution is 0.0691. The van der Waals surface area contributed by atoms with Gasteiger partial charge in [-0.15, -0.1) is 0 Å². The van der Waals surface area contributed by atoms with Gasteiger partial charge in [-0.3, -0.25) is 0 Å². The van der Waals surface area contributed by atoms with Gasteiger partial charge in [0.15, 0.2) is 0 Å². The molecule has 1 aromatic heterocycles. The van der Waals surface area contributed by atoms with Crippen LogP contribution >= 0.6 is 0 Å². The zero-order valence-corrected chi connectivity index (χ0v) is 8.92. The molecule has 0 radical (unpaired) electrons. The summed E-state index contributed by atoms with van der Waals surface area (Å²) < 4.78 is 0. The molecule has 0 amide bonds. The second kappa shape index (κ2) is 4.31. The van der Waals surface area contributed by atoms with Crippen molar-refractivity contribution in [3.05, 3.63) is 23.0 Å². The minimum atomic E-state index is -0.880. The van der Waals surface area contributed by atoms with Gasteiger partial charge in [-0.25, -0.2) is 4.79 Å². The number of carboxylic acid groups (broad SMARTS) is 1. The summed E-state index contributed by atoms with van der Waals surface area (Å²) >= 11 is 0. The van der Waals surface area contributed by atoms with E-state index in [4.69, 9.17) is 5.11 Å². The molecule has 0 saturated heterocycles. The van der Waals surface area contributed by atoms with Crippen molar-refractivity contribution in [1.29, 1.82) is 0 Å². The van der Waals surface area contributed by atoms with Crippen molar-refractivity contribution < 1.29 is 9.90 Å². The fourth-order valence-electron chi connectivity index (χ4n) is 1.56. The number of hydrogen-bond acceptors (Lipinski definition) is 1. The van der Waals surface area contributed by atoms with Gasteiger partial charge >= 0.3 is 5.97 Å². The quantitative estimate of drug-likeness (QED) is 0.776. The average molecular weight is 195 g/mol. The number of hydrogen-bond donors (Lipinski definition) is 2. The van der Waals surface area contributed by atoms with E-state index in [9.17, 15) is 4.79 Å². The van der Waals surface area contributed by atoms with Crippen LogP contribution in [0.15, 0.2) is 6.07 Å². The van der Waals surface area contributed by atoms with Gasteiger partial charge in [0, 0.05) is 5.69 Å². The minimum Gasteiger partial charge on any atom is -0.477 e. The summed E-state index contributed by atoms with van der Waals surface area (Å²) in [7, 11) is 0. The first-order chi connectivity index (χ1) is 6.60. The molecule has 78 valence electrons. The lowest BCUT2D eigenvalue weighted by atomic mass is 10.0. The Hall–Kier alpha value is -1.25. The number of aromatic amines is 1. The molecule has 0 spiro atoms. The van der Waals surface area contributed by atoms with E-state index in [-0.39, 0.29) is 0 Å². The Labute approximate surface area is 84.2 Å². The molecule has 1 heterocycles. The summed E-state index contributed by atoms with van der Waals surface area (Å²) in [6.45, 7) is 6.25. The van der Waals surface area contributed by atoms with Gasteiger partial charge in [-0.05, 0) is 30.4 Å². The summed E-state index contributed by atoms with van der Waals surface area (Å²) in [5.74, 6) is -0.479. The van der Waals surface area contributed by atoms with Gasteiger partial charge in [0.05, 0.1) is 0 Å². The lowest BCUT2D eigenvalue weighted by Gasteiger charge is -2.08. The highest BCUT2D eigenvalue weighted by Gasteiger charge is 2.14. The Morgan fingerprint density at radius 3 is 2.64 bits per heavy atom. The highest BCUT2D eigenvalue weighted by Crippen LogP contribution is 2.23. The molecule has 1 rings (SSSR count). The highest BCUT2D eigenvalue weighted by molar-refractivity contribution is 5.86. The van der Waals surface area contributed by atoms with Crippen LogP contribution in [0.1, 0.15) is 54.9 Å². The fourth-order valence-corrected chi connectivity index (χ4v) is 1.56. The molecule has 0 unspecified atom stereocenters. The van der Waals surface area contributed by atoms with Crippen molar-refractivity contribution in [3.63, 3.8) is 0 Å². The first kappa shape index (κ1) is 10.8. The Morgan fingerprint density at radius 2 is 2.21 bits per heavy atom. The van der Waals surface area contributed by atoms with E-state index < -0.39 is 5.97 Å². The SMILES string of the molecule is CCc1cc(C(=O)O)[nH]c1[C@H](C)CC. The molecular weight excluding hydrogens is 178 g/mol. The van der Waals surface area contributed by atoms with Crippen molar-refractivity contribution in [2.75, 3.05) is 0 Å². The Bertz CT molecular complexity index is 328. The molecule has 2 N–H and O–H groups in total. The average Bonchev–Trinajstić information content (AvgIpc) is 2.60. The van der Waals surface area contributed by atoms with Crippen molar-refractivity contribution >= 4 is 5.97 Å². The second-order valence-corrected chi connectivity index (χ2v) is 3.59. The summed E-state index contributed by atoms with van der Waals surface area (Å²) in [5, 5.41) is 8.84. The Morgan fingerprint density at radius 1 is 1.57 bits per heavy atom. The minimum absolute atomic E-state index is 0.303. The van der Waals surface area contributed by atoms with Crippen LogP contribution in [0.3, 0.4) is 0 Å². The van der Waals surface area contributed by atoms with Crippen LogP contribution in [0.4, 0.5) is 0 Å². The molecule has 1 aromatic rings. The van der Waals surface area contributed by atoms with E-state index in [1.54, 1.807) is 6.07 Å². The maximum absolute atomic E-state index is 10.8. The third-order valence-electron chi connectivity index (χ3n) is 2.65. The molecule has 0 saturated carbocycles. The van der Waals surface area contributed by atoms with Crippen LogP contribution in [-0.4, -0.2) is 16.1 Å². The Balaban J connectivity index is 3.08. The number of carboxylic acids is 1. The van der Waals surface area contributed by atoms with Crippen molar-refractivity contribution in [1.82, 2.24) is 4.98 Å². The zero-order valence-electron chi connectivity index (χ0n) is 8.92. The van der Waals surface area contributed by atoms with Crippen LogP contribution in [-0.2, 0) is 6.42 Å². The van der Waals surface area contributed by atoms with E-state index in [0.29, 0.717) is 11.6 Å². The molecule has 0 aromatic carbocycles. The summed E-state index contributed by atoms with van der Waals surface area (Å²) in [6, 6.07) is 1.74. The number of H-pyrrole nitrogens is 1. The number of aromatic carboxylic acids is 1. The largest absolute Gasteiger partial charge is 0.477 e. The maximum atomic E-state index is 10.8. The van der Waals surface area contributed by atoms with Gasteiger partial charge in [0.2, 0.25) is 0 Å². The molecule has 3 heteroatoms. The standard InChI is InChI=1S/C11H17NO2/c1-4-7(3)10-8(5-2)6-9(12-10)11(13)14/h6-7,12H,4-5H2,1-3H3,(H,13,14)/t7-/m1/s1. The molecule has 3 nitrogen and oxygen atoms in total. The van der Waals surface area contributed by atoms with Gasteiger partial charge < -0.3 is 10.1 Å². The number of nitrogens with one attached hydrogen (secondary N) is 1. The van der Waals surface area contributed by atoms with Gasteiger partial charge in [-0.2, -0.15) is 0 Å². The second-order valence-electron chi connectivity index (χ2n) is 3.59. The van der Waals surface area contributed by atoms with Crippen molar-refractivity contribution in [3.8, 4) is 0 Å². The summed E-state index contributed by atoms with van der Waals surface area (Å²) in [4.78, 5) is 13.7. The zero-order chi connectivity index (χ0) is 10.7. The van der Waals surface area contributed by atoms with Crippen LogP contribution in [0.25, 0.3) is 0 Å². The molecule has 14 heavy (non-hydrogen) atoms. The number of aromatic nitrogens is 1. The fraction of sp³-hybridized carbons (Fsp3) is 0.545. The third kappa shape index (κ3) is 1.97. The van der Waals surface area contributed by atoms with Crippen LogP contribution < -0.4 is 0 Å². The monoisotopic (exact) mass is 195 g/mol. The van der Waals surface area contributed by atoms with E-state index in [0.717, 1.165) is 24.1 Å². The van der Waals surface area contributed by atoms with E-state index >= 15 is 0 Å². The molecule has 1 atom stereocenters. The first-order valence-electron chi connectivity index (χ1n) is 5.05. The summed E-state index contributed by atoms with van der Waals surface area (Å²) in [6.07, 6.45) is 1.90. The molecule has 0 aliphatic heterocycles. The molecule has 0 aliphatic carbocycles. The smallest absolute Gasteiger partial charge is 0.352 e. The lowest BCUT2D eigenvalue weighted by Crippen LogP contribution is -1.99. The molecule has 0 aliphatic rings. The van der Waals surface area contributed by atoms with Crippen LogP contribution in [0, 0.1) is 0 Å². The first-order valence-corrected chi connectivity index (χ1v) is 5.05. The molecule has 0 fully saturated rings. The van der Waals surface area contributed by atoms with E-state index in [2.05, 4.69) is 18.8 Å². The maximum Gasteiger partial charge on any atom is 0.352 e. The number of rotatable bonds is 4. The van der Waals surface area contributed by atoms with E-state index in [1.165, 1.54) is 0 Å². The van der Waals surface area contributed by atoms with E-state index in [1.807, 2.05) is 6.92 Å². The summed E-state index contributed by atoms with van der Waals surface area (Å²) in [5.41, 5.74) is 2.50. The molecule has 0 bridgehead atoms. The third-order valence-corrected chi connectivity index (χ3v) is 2.65. The van der Waals surface area contributed by atoms with Crippen LogP contribution in [0.2, 0.25) is 0 Å². The van der Waals surface area contributed by atoms with Gasteiger partial charge in [0.25, 0.3) is 0 Å². The Kier molecular flexibility index (Phi) is 3.33. The topological polar surface area (TPSA) is 53.1 Å². The van der Waals surface area contributed by atoms with Gasteiger partial charge in [-0.1, -0.05) is 20.8 Å².